The summed E-state index contributed by atoms with van der Waals surface area (Å²) < 4.78 is 44.5. The predicted octanol–water partition coefficient (Wildman–Crippen LogP) is 2.70. The number of alkyl halides is 1. The quantitative estimate of drug-likeness (QED) is 0.539. The van der Waals surface area contributed by atoms with E-state index in [1.54, 1.807) is 24.4 Å². The number of para-hydroxylation sites is 1. The number of nitrogens with zero attached hydrogens (tertiary/aromatic N) is 2. The third-order valence-corrected chi connectivity index (χ3v) is 5.19. The van der Waals surface area contributed by atoms with Gasteiger partial charge in [-0.2, -0.15) is 4.98 Å². The van der Waals surface area contributed by atoms with Crippen LogP contribution in [-0.4, -0.2) is 61.9 Å². The van der Waals surface area contributed by atoms with E-state index in [0.29, 0.717) is 41.9 Å². The maximum Gasteiger partial charge on any atom is 0.203 e. The molecule has 4 atom stereocenters. The summed E-state index contributed by atoms with van der Waals surface area (Å²) in [6.45, 7) is 0.936. The molecule has 9 nitrogen and oxygen atoms in total. The zero-order chi connectivity index (χ0) is 21.3. The Bertz CT molecular complexity index is 974. The Labute approximate surface area is 177 Å². The van der Waals surface area contributed by atoms with Gasteiger partial charge in [0.25, 0.3) is 0 Å². The highest BCUT2D eigenvalue weighted by Crippen LogP contribution is 2.46. The van der Waals surface area contributed by atoms with Crippen LogP contribution in [0.5, 0.6) is 17.2 Å². The fourth-order valence-electron chi connectivity index (χ4n) is 3.54. The molecule has 0 amide bonds. The summed E-state index contributed by atoms with van der Waals surface area (Å²) in [6, 6.07) is 5.39. The number of nitrogens with one attached hydrogen (secondary N) is 1. The fourth-order valence-corrected chi connectivity index (χ4v) is 3.79. The number of rotatable bonds is 7. The van der Waals surface area contributed by atoms with E-state index in [-0.39, 0.29) is 11.4 Å². The van der Waals surface area contributed by atoms with Gasteiger partial charge >= 0.3 is 0 Å². The second kappa shape index (κ2) is 8.82. The molecule has 0 aliphatic carbocycles. The zero-order valence-electron chi connectivity index (χ0n) is 16.5. The summed E-state index contributed by atoms with van der Waals surface area (Å²) in [5.74, 6) is 1.91. The number of hydrogen-bond donors (Lipinski definition) is 2. The maximum atomic E-state index is 15.1. The Balaban J connectivity index is 1.64. The minimum Gasteiger partial charge on any atom is -0.490 e. The summed E-state index contributed by atoms with van der Waals surface area (Å²) in [5, 5.41) is 3.18. The van der Waals surface area contributed by atoms with E-state index < -0.39 is 24.6 Å². The van der Waals surface area contributed by atoms with Crippen LogP contribution in [0.15, 0.2) is 24.4 Å². The van der Waals surface area contributed by atoms with Crippen molar-refractivity contribution in [1.82, 2.24) is 9.55 Å². The van der Waals surface area contributed by atoms with Crippen molar-refractivity contribution >= 4 is 23.7 Å². The van der Waals surface area contributed by atoms with Crippen LogP contribution in [0.25, 0.3) is 0 Å². The molecule has 0 spiro atoms. The molecule has 162 valence electrons. The molecule has 0 saturated carbocycles. The van der Waals surface area contributed by atoms with Crippen LogP contribution in [0.2, 0.25) is 0 Å². The number of benzene rings is 1. The van der Waals surface area contributed by atoms with Crippen LogP contribution in [-0.2, 0) is 14.2 Å². The van der Waals surface area contributed by atoms with Gasteiger partial charge in [0.15, 0.2) is 29.7 Å². The van der Waals surface area contributed by atoms with Crippen molar-refractivity contribution in [2.45, 2.75) is 24.6 Å². The first kappa shape index (κ1) is 20.9. The molecule has 1 aromatic carbocycles. The standard InChI is InChI=1S/C19H23FN4O5S/c1-25-9-13-16(26-2)14(20)18(29-13)24-8-12-17(23-19(24)30)22-15-10(27-7-6-21)4-3-5-11(15)28-12/h3-5,8,13-14,16,18H,6-7,9,21H2,1-2H3,(H,22,23,30)/t13-,14?,16?,18-/m1/s1. The van der Waals surface area contributed by atoms with E-state index in [4.69, 9.17) is 41.6 Å². The van der Waals surface area contributed by atoms with Crippen molar-refractivity contribution in [2.24, 2.45) is 5.73 Å². The van der Waals surface area contributed by atoms with Gasteiger partial charge in [0.2, 0.25) is 4.77 Å². The molecule has 30 heavy (non-hydrogen) atoms. The van der Waals surface area contributed by atoms with Gasteiger partial charge in [0, 0.05) is 20.8 Å². The summed E-state index contributed by atoms with van der Waals surface area (Å²) in [4.78, 5) is 4.38. The van der Waals surface area contributed by atoms with E-state index in [1.165, 1.54) is 18.8 Å². The summed E-state index contributed by atoms with van der Waals surface area (Å²) in [5.41, 5.74) is 6.14. The second-order valence-electron chi connectivity index (χ2n) is 6.80. The van der Waals surface area contributed by atoms with E-state index in [0.717, 1.165) is 0 Å². The maximum absolute atomic E-state index is 15.1. The molecule has 11 heteroatoms. The first-order chi connectivity index (χ1) is 14.6. The average molecular weight is 438 g/mol. The molecule has 0 bridgehead atoms. The molecule has 2 aromatic rings. The Morgan fingerprint density at radius 1 is 1.33 bits per heavy atom. The third kappa shape index (κ3) is 3.74. The first-order valence-electron chi connectivity index (χ1n) is 9.42. The Kier molecular flexibility index (Phi) is 6.16. The van der Waals surface area contributed by atoms with Gasteiger partial charge < -0.3 is 34.7 Å². The number of anilines is 2. The number of nitrogens with two attached hydrogens (primary N) is 1. The van der Waals surface area contributed by atoms with E-state index in [2.05, 4.69) is 10.3 Å². The predicted molar refractivity (Wildman–Crippen MR) is 109 cm³/mol. The van der Waals surface area contributed by atoms with Crippen molar-refractivity contribution < 1.29 is 28.1 Å². The average Bonchev–Trinajstić information content (AvgIpc) is 3.05. The van der Waals surface area contributed by atoms with Gasteiger partial charge in [0.05, 0.1) is 12.8 Å². The highest BCUT2D eigenvalue weighted by molar-refractivity contribution is 7.71. The lowest BCUT2D eigenvalue weighted by molar-refractivity contribution is -0.0620. The van der Waals surface area contributed by atoms with E-state index >= 15 is 4.39 Å². The molecule has 1 fully saturated rings. The SMILES string of the molecule is COC[C@H]1O[C@@H](n2cc3c(nc2=S)Nc2c(OCCN)cccc2O3)C(F)C1OC. The van der Waals surface area contributed by atoms with Gasteiger partial charge in [-0.15, -0.1) is 0 Å². The number of ether oxygens (including phenoxy) is 5. The molecule has 4 rings (SSSR count). The molecular weight excluding hydrogens is 415 g/mol. The molecule has 1 saturated heterocycles. The zero-order valence-corrected chi connectivity index (χ0v) is 17.4. The molecule has 3 N–H and O–H groups in total. The Hall–Kier alpha value is -2.31. The Morgan fingerprint density at radius 2 is 2.17 bits per heavy atom. The molecule has 2 unspecified atom stereocenters. The number of fused-ring (bicyclic) bond motifs is 2. The van der Waals surface area contributed by atoms with Crippen molar-refractivity contribution in [2.75, 3.05) is 39.3 Å². The lowest BCUT2D eigenvalue weighted by atomic mass is 10.1. The summed E-state index contributed by atoms with van der Waals surface area (Å²) in [7, 11) is 2.95. The van der Waals surface area contributed by atoms with Crippen LogP contribution in [0.1, 0.15) is 6.23 Å². The van der Waals surface area contributed by atoms with E-state index in [1.807, 2.05) is 0 Å². The van der Waals surface area contributed by atoms with Crippen LogP contribution in [0.4, 0.5) is 15.9 Å². The monoisotopic (exact) mass is 438 g/mol. The Morgan fingerprint density at radius 3 is 2.90 bits per heavy atom. The lowest BCUT2D eigenvalue weighted by Crippen LogP contribution is -2.33. The first-order valence-corrected chi connectivity index (χ1v) is 9.83. The summed E-state index contributed by atoms with van der Waals surface area (Å²) >= 11 is 5.40. The fraction of sp³-hybridized carbons (Fsp3) is 0.474. The van der Waals surface area contributed by atoms with Crippen molar-refractivity contribution in [1.29, 1.82) is 0 Å². The lowest BCUT2D eigenvalue weighted by Gasteiger charge is -2.25. The summed E-state index contributed by atoms with van der Waals surface area (Å²) in [6.07, 6.45) is -2.24. The third-order valence-electron chi connectivity index (χ3n) is 4.89. The number of aromatic nitrogens is 2. The van der Waals surface area contributed by atoms with Gasteiger partial charge in [0.1, 0.15) is 30.3 Å². The molecule has 2 aliphatic rings. The molecule has 3 heterocycles. The number of methoxy groups -OCH3 is 2. The second-order valence-corrected chi connectivity index (χ2v) is 7.17. The van der Waals surface area contributed by atoms with Gasteiger partial charge in [-0.1, -0.05) is 6.07 Å². The largest absolute Gasteiger partial charge is 0.490 e. The topological polar surface area (TPSA) is 102 Å². The van der Waals surface area contributed by atoms with Crippen molar-refractivity contribution in [3.8, 4) is 17.2 Å². The molecule has 2 aliphatic heterocycles. The minimum absolute atomic E-state index is 0.134. The molecule has 0 radical (unpaired) electrons. The van der Waals surface area contributed by atoms with Gasteiger partial charge in [-0.05, 0) is 24.4 Å². The highest BCUT2D eigenvalue weighted by Gasteiger charge is 2.46. The van der Waals surface area contributed by atoms with Gasteiger partial charge in [-0.25, -0.2) is 4.39 Å². The van der Waals surface area contributed by atoms with Crippen LogP contribution < -0.4 is 20.5 Å². The van der Waals surface area contributed by atoms with Crippen molar-refractivity contribution in [3.05, 3.63) is 29.2 Å². The number of halogens is 1. The minimum atomic E-state index is -1.46. The van der Waals surface area contributed by atoms with Crippen LogP contribution >= 0.6 is 12.2 Å². The number of hydrogen-bond acceptors (Lipinski definition) is 9. The molecular formula is C19H23FN4O5S. The van der Waals surface area contributed by atoms with E-state index in [9.17, 15) is 0 Å². The van der Waals surface area contributed by atoms with Crippen molar-refractivity contribution in [3.63, 3.8) is 0 Å². The van der Waals surface area contributed by atoms with Crippen LogP contribution in [0, 0.1) is 4.77 Å². The highest BCUT2D eigenvalue weighted by atomic mass is 32.1. The van der Waals surface area contributed by atoms with Gasteiger partial charge in [-0.3, -0.25) is 4.57 Å². The van der Waals surface area contributed by atoms with Crippen LogP contribution in [0.3, 0.4) is 0 Å². The smallest absolute Gasteiger partial charge is 0.203 e. The molecule has 1 aromatic heterocycles. The normalized spacial score (nSPS) is 24.5.